The molecule has 0 bridgehead atoms. The monoisotopic (exact) mass is 1020 g/mol. The van der Waals surface area contributed by atoms with Gasteiger partial charge in [-0.1, -0.05) is 169 Å². The number of oxazole rings is 4. The molecular formula is C52H32HfN4O8. The van der Waals surface area contributed by atoms with Crippen molar-refractivity contribution in [2.75, 3.05) is 0 Å². The number of aromatic nitrogens is 4. The summed E-state index contributed by atoms with van der Waals surface area (Å²) in [5.74, 6) is 1.23. The van der Waals surface area contributed by atoms with Gasteiger partial charge in [-0.25, -0.2) is 19.9 Å². The first-order valence-corrected chi connectivity index (χ1v) is 19.9. The van der Waals surface area contributed by atoms with Crippen LogP contribution in [0.1, 0.15) is 0 Å². The Kier molecular flexibility index (Phi) is 13.2. The van der Waals surface area contributed by atoms with Gasteiger partial charge in [-0.2, -0.15) is 0 Å². The summed E-state index contributed by atoms with van der Waals surface area (Å²) in [6.45, 7) is 0. The second-order valence-electron chi connectivity index (χ2n) is 13.9. The first-order valence-electron chi connectivity index (χ1n) is 19.9. The fraction of sp³-hybridized carbons (Fsp3) is 0. The van der Waals surface area contributed by atoms with Crippen LogP contribution in [0, 0.1) is 0 Å². The Hall–Kier alpha value is -8.29. The Morgan fingerprint density at radius 1 is 0.246 bits per heavy atom. The molecule has 0 N–H and O–H groups in total. The maximum atomic E-state index is 11.6. The molecule has 12 aromatic rings. The molecule has 65 heavy (non-hydrogen) atoms. The molecule has 0 unspecified atom stereocenters. The van der Waals surface area contributed by atoms with Crippen LogP contribution in [0.25, 0.3) is 90.2 Å². The smallest absolute Gasteiger partial charge is 0.872 e. The van der Waals surface area contributed by atoms with Crippen molar-refractivity contribution in [2.45, 2.75) is 0 Å². The summed E-state index contributed by atoms with van der Waals surface area (Å²) in [4.78, 5) is 17.1. The number of para-hydroxylation sites is 12. The van der Waals surface area contributed by atoms with Crippen LogP contribution in [-0.2, 0) is 25.8 Å². The van der Waals surface area contributed by atoms with E-state index in [0.29, 0.717) is 68.1 Å². The minimum absolute atomic E-state index is 0. The van der Waals surface area contributed by atoms with E-state index in [1.807, 2.05) is 97.1 Å². The van der Waals surface area contributed by atoms with E-state index in [-0.39, 0.29) is 48.8 Å². The van der Waals surface area contributed by atoms with Crippen LogP contribution in [0.4, 0.5) is 0 Å². The minimum atomic E-state index is -0.0749. The third-order valence-corrected chi connectivity index (χ3v) is 9.65. The Labute approximate surface area is 389 Å². The van der Waals surface area contributed by atoms with Gasteiger partial charge in [0.25, 0.3) is 0 Å². The summed E-state index contributed by atoms with van der Waals surface area (Å²) in [5.41, 5.74) is 7.83. The summed E-state index contributed by atoms with van der Waals surface area (Å²) in [5, 5.41) is 46.4. The second kappa shape index (κ2) is 19.8. The molecule has 12 rings (SSSR count). The summed E-state index contributed by atoms with van der Waals surface area (Å²) in [6.07, 6.45) is 0. The standard InChI is InChI=1S/4C13H9NO2.Hf/c4*15-11-7-3-1-5-9(11)13-14-10-6-2-4-8-12(10)16-13;/h4*1-8,15H;/q;;;;+4/p-4. The number of fused-ring (bicyclic) bond motifs is 4. The number of hydrogen-bond acceptors (Lipinski definition) is 12. The number of rotatable bonds is 4. The van der Waals surface area contributed by atoms with Gasteiger partial charge in [-0.05, 0) is 48.5 Å². The van der Waals surface area contributed by atoms with E-state index >= 15 is 0 Å². The van der Waals surface area contributed by atoms with Crippen molar-refractivity contribution in [3.8, 4) is 68.8 Å². The van der Waals surface area contributed by atoms with Gasteiger partial charge in [0.1, 0.15) is 22.1 Å². The normalized spacial score (nSPS) is 10.6. The van der Waals surface area contributed by atoms with Crippen LogP contribution < -0.4 is 20.4 Å². The van der Waals surface area contributed by atoms with Gasteiger partial charge in [0.05, 0.1) is 0 Å². The maximum absolute atomic E-state index is 11.6. The molecule has 0 aliphatic heterocycles. The molecule has 0 amide bonds. The molecule has 4 heterocycles. The third-order valence-electron chi connectivity index (χ3n) is 9.65. The van der Waals surface area contributed by atoms with Crippen molar-refractivity contribution < 1.29 is 63.9 Å². The molecule has 0 atom stereocenters. The zero-order chi connectivity index (χ0) is 43.8. The Balaban J connectivity index is 0.000000118. The van der Waals surface area contributed by atoms with Crippen LogP contribution >= 0.6 is 0 Å². The van der Waals surface area contributed by atoms with Gasteiger partial charge in [0.15, 0.2) is 22.3 Å². The molecule has 8 aromatic carbocycles. The molecule has 4 aromatic heterocycles. The van der Waals surface area contributed by atoms with Crippen molar-refractivity contribution in [1.29, 1.82) is 0 Å². The first-order chi connectivity index (χ1) is 31.4. The van der Waals surface area contributed by atoms with Gasteiger partial charge in [-0.3, -0.25) is 0 Å². The van der Waals surface area contributed by atoms with E-state index in [9.17, 15) is 20.4 Å². The number of nitrogens with zero attached hydrogens (tertiary/aromatic N) is 4. The molecule has 13 heteroatoms. The molecular weight excluding hydrogens is 987 g/mol. The van der Waals surface area contributed by atoms with Crippen LogP contribution in [0.2, 0.25) is 0 Å². The zero-order valence-electron chi connectivity index (χ0n) is 34.0. The summed E-state index contributed by atoms with van der Waals surface area (Å²) in [6, 6.07) is 56.7. The van der Waals surface area contributed by atoms with Gasteiger partial charge in [0, 0.05) is 22.3 Å². The van der Waals surface area contributed by atoms with E-state index in [4.69, 9.17) is 17.7 Å². The molecule has 0 spiro atoms. The molecule has 0 fully saturated rings. The fourth-order valence-electron chi connectivity index (χ4n) is 6.52. The SMILES string of the molecule is [Hf+4].[O-]c1ccccc1-c1nc2ccccc2o1.[O-]c1ccccc1-c1nc2ccccc2o1.[O-]c1ccccc1-c1nc2ccccc2o1.[O-]c1ccccc1-c1nc2ccccc2o1. The number of hydrogen-bond donors (Lipinski definition) is 0. The largest absolute Gasteiger partial charge is 4.00 e. The van der Waals surface area contributed by atoms with Gasteiger partial charge in [0.2, 0.25) is 23.6 Å². The van der Waals surface area contributed by atoms with Crippen LogP contribution in [-0.4, -0.2) is 19.9 Å². The Morgan fingerprint density at radius 2 is 0.431 bits per heavy atom. The van der Waals surface area contributed by atoms with E-state index < -0.39 is 0 Å². The predicted octanol–water partition coefficient (Wildman–Crippen LogP) is 10.3. The minimum Gasteiger partial charge on any atom is -0.872 e. The molecule has 0 saturated heterocycles. The van der Waals surface area contributed by atoms with Crippen LogP contribution in [0.5, 0.6) is 23.0 Å². The summed E-state index contributed by atoms with van der Waals surface area (Å²) < 4.78 is 22.1. The number of benzene rings is 8. The molecule has 12 nitrogen and oxygen atoms in total. The third kappa shape index (κ3) is 9.85. The van der Waals surface area contributed by atoms with Crippen molar-refractivity contribution >= 4 is 44.4 Å². The van der Waals surface area contributed by atoms with Crippen molar-refractivity contribution in [3.05, 3.63) is 194 Å². The average Bonchev–Trinajstić information content (AvgIpc) is 4.15. The molecule has 0 aliphatic rings. The Bertz CT molecular complexity index is 2910. The van der Waals surface area contributed by atoms with Crippen LogP contribution in [0.3, 0.4) is 0 Å². The first kappa shape index (κ1) is 43.4. The van der Waals surface area contributed by atoms with E-state index in [1.54, 1.807) is 72.8 Å². The predicted molar refractivity (Wildman–Crippen MR) is 236 cm³/mol. The quantitative estimate of drug-likeness (QED) is 0.152. The molecule has 0 radical (unpaired) electrons. The van der Waals surface area contributed by atoms with Crippen molar-refractivity contribution in [1.82, 2.24) is 19.9 Å². The fourth-order valence-corrected chi connectivity index (χ4v) is 6.52. The average molecular weight is 1020 g/mol. The second-order valence-corrected chi connectivity index (χ2v) is 13.9. The molecule has 0 aliphatic carbocycles. The van der Waals surface area contributed by atoms with Gasteiger partial charge < -0.3 is 38.1 Å². The van der Waals surface area contributed by atoms with Gasteiger partial charge in [-0.15, -0.1) is 0 Å². The van der Waals surface area contributed by atoms with Crippen LogP contribution in [0.15, 0.2) is 212 Å². The van der Waals surface area contributed by atoms with E-state index in [0.717, 1.165) is 22.1 Å². The topological polar surface area (TPSA) is 196 Å². The molecule has 312 valence electrons. The summed E-state index contributed by atoms with van der Waals surface area (Å²) in [7, 11) is 0. The van der Waals surface area contributed by atoms with E-state index in [1.165, 1.54) is 24.3 Å². The van der Waals surface area contributed by atoms with Crippen molar-refractivity contribution in [2.24, 2.45) is 0 Å². The van der Waals surface area contributed by atoms with Gasteiger partial charge >= 0.3 is 25.8 Å². The maximum Gasteiger partial charge on any atom is 4.00 e. The van der Waals surface area contributed by atoms with Crippen molar-refractivity contribution in [3.63, 3.8) is 0 Å². The van der Waals surface area contributed by atoms with E-state index in [2.05, 4.69) is 19.9 Å². The Morgan fingerprint density at radius 3 is 0.631 bits per heavy atom. The zero-order valence-corrected chi connectivity index (χ0v) is 37.6. The molecule has 0 saturated carbocycles. The summed E-state index contributed by atoms with van der Waals surface area (Å²) >= 11 is 0.